The molecular weight excluding hydrogens is 390 g/mol. The number of pyridine rings is 1. The average Bonchev–Trinajstić information content (AvgIpc) is 3.09. The number of imidazole rings is 1. The Morgan fingerprint density at radius 1 is 1.10 bits per heavy atom. The summed E-state index contributed by atoms with van der Waals surface area (Å²) in [5.74, 6) is -0.111. The van der Waals surface area contributed by atoms with Crippen molar-refractivity contribution in [2.45, 2.75) is 19.4 Å². The van der Waals surface area contributed by atoms with E-state index >= 15 is 0 Å². The fourth-order valence-corrected chi connectivity index (χ4v) is 3.61. The topological polar surface area (TPSA) is 106 Å². The molecule has 0 fully saturated rings. The Morgan fingerprint density at radius 2 is 1.90 bits per heavy atom. The predicted octanol–water partition coefficient (Wildman–Crippen LogP) is 2.75. The van der Waals surface area contributed by atoms with Gasteiger partial charge in [-0.1, -0.05) is 36.4 Å². The molecule has 0 bridgehead atoms. The lowest BCUT2D eigenvalue weighted by Crippen LogP contribution is -2.24. The summed E-state index contributed by atoms with van der Waals surface area (Å²) in [5, 5.41) is 2.99. The first kappa shape index (κ1) is 20.6. The zero-order valence-corrected chi connectivity index (χ0v) is 17.4. The molecule has 1 amide bonds. The predicted molar refractivity (Wildman–Crippen MR) is 122 cm³/mol. The third-order valence-electron chi connectivity index (χ3n) is 5.37. The molecule has 158 valence electrons. The van der Waals surface area contributed by atoms with E-state index in [0.717, 1.165) is 35.0 Å². The molecule has 0 unspecified atom stereocenters. The Morgan fingerprint density at radius 3 is 2.74 bits per heavy atom. The van der Waals surface area contributed by atoms with Gasteiger partial charge in [0.1, 0.15) is 0 Å². The standard InChI is InChI=1S/C24H25N5O2/c1-29-21-13-20(15-27-22(21)28-24(29)31)18-8-3-9-19(12-18)23(30)26-10-4-7-16-5-2-6-17(11-16)14-25/h2-3,5-6,8-9,11-13,15H,4,7,10,14,25H2,1H3,(H,26,30)(H,27,28,31). The van der Waals surface area contributed by atoms with Crippen LogP contribution < -0.4 is 16.7 Å². The molecule has 0 saturated carbocycles. The minimum Gasteiger partial charge on any atom is -0.352 e. The Bertz CT molecular complexity index is 1290. The largest absolute Gasteiger partial charge is 0.352 e. The zero-order valence-electron chi connectivity index (χ0n) is 17.4. The van der Waals surface area contributed by atoms with Gasteiger partial charge in [-0.15, -0.1) is 0 Å². The number of carbonyl (C=O) groups excluding carboxylic acids is 1. The summed E-state index contributed by atoms with van der Waals surface area (Å²) in [7, 11) is 1.70. The number of aromatic amines is 1. The number of nitrogens with zero attached hydrogens (tertiary/aromatic N) is 2. The number of H-pyrrole nitrogens is 1. The van der Waals surface area contributed by atoms with Gasteiger partial charge in [-0.05, 0) is 47.7 Å². The van der Waals surface area contributed by atoms with Crippen LogP contribution in [0.1, 0.15) is 27.9 Å². The number of rotatable bonds is 7. The van der Waals surface area contributed by atoms with Crippen molar-refractivity contribution < 1.29 is 4.79 Å². The summed E-state index contributed by atoms with van der Waals surface area (Å²) in [6, 6.07) is 17.5. The van der Waals surface area contributed by atoms with E-state index in [-0.39, 0.29) is 11.6 Å². The highest BCUT2D eigenvalue weighted by molar-refractivity contribution is 5.95. The average molecular weight is 415 g/mol. The number of nitrogens with one attached hydrogen (secondary N) is 2. The number of carbonyl (C=O) groups is 1. The van der Waals surface area contributed by atoms with Gasteiger partial charge in [-0.2, -0.15) is 0 Å². The van der Waals surface area contributed by atoms with Gasteiger partial charge in [0.05, 0.1) is 5.52 Å². The summed E-state index contributed by atoms with van der Waals surface area (Å²) < 4.78 is 1.52. The monoisotopic (exact) mass is 415 g/mol. The van der Waals surface area contributed by atoms with Crippen LogP contribution in [0.25, 0.3) is 22.3 Å². The first-order chi connectivity index (χ1) is 15.0. The molecule has 2 aromatic heterocycles. The minimum absolute atomic E-state index is 0.111. The number of nitrogens with two attached hydrogens (primary N) is 1. The zero-order chi connectivity index (χ0) is 21.8. The molecule has 2 heterocycles. The summed E-state index contributed by atoms with van der Waals surface area (Å²) in [4.78, 5) is 31.4. The molecule has 0 atom stereocenters. The lowest BCUT2D eigenvalue weighted by Gasteiger charge is -2.08. The third-order valence-corrected chi connectivity index (χ3v) is 5.37. The second-order valence-corrected chi connectivity index (χ2v) is 7.55. The van der Waals surface area contributed by atoms with Gasteiger partial charge in [0, 0.05) is 37.5 Å². The number of amides is 1. The summed E-state index contributed by atoms with van der Waals surface area (Å²) in [6.45, 7) is 1.12. The highest BCUT2D eigenvalue weighted by Crippen LogP contribution is 2.22. The van der Waals surface area contributed by atoms with Gasteiger partial charge in [0.25, 0.3) is 5.91 Å². The first-order valence-corrected chi connectivity index (χ1v) is 10.3. The van der Waals surface area contributed by atoms with E-state index in [1.165, 1.54) is 10.1 Å². The van der Waals surface area contributed by atoms with Crippen LogP contribution in [-0.2, 0) is 20.0 Å². The van der Waals surface area contributed by atoms with Gasteiger partial charge in [0.15, 0.2) is 5.65 Å². The van der Waals surface area contributed by atoms with Crippen molar-refractivity contribution in [2.75, 3.05) is 6.54 Å². The third kappa shape index (κ3) is 4.57. The summed E-state index contributed by atoms with van der Waals surface area (Å²) in [6.07, 6.45) is 3.43. The van der Waals surface area contributed by atoms with E-state index in [0.29, 0.717) is 24.3 Å². The second-order valence-electron chi connectivity index (χ2n) is 7.55. The van der Waals surface area contributed by atoms with Crippen molar-refractivity contribution in [3.63, 3.8) is 0 Å². The summed E-state index contributed by atoms with van der Waals surface area (Å²) in [5.41, 5.74) is 11.4. The Hall–Kier alpha value is -3.71. The van der Waals surface area contributed by atoms with Crippen molar-refractivity contribution in [3.05, 3.63) is 88.0 Å². The first-order valence-electron chi connectivity index (χ1n) is 10.3. The number of hydrogen-bond acceptors (Lipinski definition) is 4. The molecule has 4 rings (SSSR count). The molecule has 0 radical (unpaired) electrons. The van der Waals surface area contributed by atoms with Crippen LogP contribution in [0.5, 0.6) is 0 Å². The molecule has 0 saturated heterocycles. The van der Waals surface area contributed by atoms with Crippen LogP contribution in [0.4, 0.5) is 0 Å². The molecule has 4 N–H and O–H groups in total. The molecule has 0 spiro atoms. The van der Waals surface area contributed by atoms with E-state index in [1.807, 2.05) is 36.4 Å². The number of benzene rings is 2. The maximum Gasteiger partial charge on any atom is 0.327 e. The van der Waals surface area contributed by atoms with E-state index in [9.17, 15) is 9.59 Å². The van der Waals surface area contributed by atoms with Crippen molar-refractivity contribution in [2.24, 2.45) is 12.8 Å². The van der Waals surface area contributed by atoms with Crippen LogP contribution in [0, 0.1) is 0 Å². The lowest BCUT2D eigenvalue weighted by molar-refractivity contribution is 0.0953. The van der Waals surface area contributed by atoms with Crippen molar-refractivity contribution in [1.82, 2.24) is 19.9 Å². The molecule has 0 aliphatic rings. The minimum atomic E-state index is -0.206. The van der Waals surface area contributed by atoms with Gasteiger partial charge < -0.3 is 11.1 Å². The van der Waals surface area contributed by atoms with Gasteiger partial charge in [-0.3, -0.25) is 14.3 Å². The van der Waals surface area contributed by atoms with Gasteiger partial charge >= 0.3 is 5.69 Å². The molecule has 7 nitrogen and oxygen atoms in total. The van der Waals surface area contributed by atoms with Crippen LogP contribution in [0.2, 0.25) is 0 Å². The van der Waals surface area contributed by atoms with Crippen LogP contribution in [0.3, 0.4) is 0 Å². The van der Waals surface area contributed by atoms with E-state index in [4.69, 9.17) is 5.73 Å². The lowest BCUT2D eigenvalue weighted by atomic mass is 10.0. The number of hydrogen-bond donors (Lipinski definition) is 3. The molecule has 0 aliphatic heterocycles. The Labute approximate surface area is 179 Å². The number of aryl methyl sites for hydroxylation is 2. The number of fused-ring (bicyclic) bond motifs is 1. The molecule has 31 heavy (non-hydrogen) atoms. The van der Waals surface area contributed by atoms with Crippen molar-refractivity contribution >= 4 is 17.1 Å². The molecule has 2 aromatic carbocycles. The normalized spacial score (nSPS) is 11.0. The van der Waals surface area contributed by atoms with Crippen LogP contribution in [-0.4, -0.2) is 27.0 Å². The Kier molecular flexibility index (Phi) is 5.95. The van der Waals surface area contributed by atoms with Crippen molar-refractivity contribution in [1.29, 1.82) is 0 Å². The van der Waals surface area contributed by atoms with E-state index in [2.05, 4.69) is 27.4 Å². The highest BCUT2D eigenvalue weighted by Gasteiger charge is 2.10. The quantitative estimate of drug-likeness (QED) is 0.404. The number of aromatic nitrogens is 3. The molecule has 4 aromatic rings. The smallest absolute Gasteiger partial charge is 0.327 e. The van der Waals surface area contributed by atoms with Gasteiger partial charge in [0.2, 0.25) is 0 Å². The van der Waals surface area contributed by atoms with E-state index in [1.54, 1.807) is 19.3 Å². The molecular formula is C24H25N5O2. The van der Waals surface area contributed by atoms with Crippen LogP contribution in [0.15, 0.2) is 65.6 Å². The maximum atomic E-state index is 12.6. The van der Waals surface area contributed by atoms with E-state index < -0.39 is 0 Å². The Balaban J connectivity index is 1.41. The molecule has 0 aliphatic carbocycles. The highest BCUT2D eigenvalue weighted by atomic mass is 16.2. The van der Waals surface area contributed by atoms with Crippen LogP contribution >= 0.6 is 0 Å². The van der Waals surface area contributed by atoms with Gasteiger partial charge in [-0.25, -0.2) is 9.78 Å². The second kappa shape index (κ2) is 8.97. The van der Waals surface area contributed by atoms with Crippen molar-refractivity contribution in [3.8, 4) is 11.1 Å². The fraction of sp³-hybridized carbons (Fsp3) is 0.208. The maximum absolute atomic E-state index is 12.6. The summed E-state index contributed by atoms with van der Waals surface area (Å²) >= 11 is 0. The SMILES string of the molecule is Cn1c(=O)[nH]c2ncc(-c3cccc(C(=O)NCCCc4cccc(CN)c4)c3)cc21. The molecule has 7 heteroatoms. The fourth-order valence-electron chi connectivity index (χ4n) is 3.61.